The van der Waals surface area contributed by atoms with Gasteiger partial charge < -0.3 is 9.80 Å². The molecular weight excluding hydrogens is 364 g/mol. The molecular formula is C23H30N4O2. The van der Waals surface area contributed by atoms with E-state index < -0.39 is 5.54 Å². The van der Waals surface area contributed by atoms with E-state index in [9.17, 15) is 9.59 Å². The van der Waals surface area contributed by atoms with Crippen molar-refractivity contribution < 1.29 is 9.59 Å². The third-order valence-electron chi connectivity index (χ3n) is 6.67. The van der Waals surface area contributed by atoms with Crippen LogP contribution in [0, 0.1) is 13.8 Å². The summed E-state index contributed by atoms with van der Waals surface area (Å²) in [5.74, 6) is 0.0726. The van der Waals surface area contributed by atoms with Gasteiger partial charge in [-0.3, -0.25) is 14.3 Å². The van der Waals surface area contributed by atoms with E-state index in [2.05, 4.69) is 17.2 Å². The van der Waals surface area contributed by atoms with Crippen molar-refractivity contribution in [1.29, 1.82) is 0 Å². The van der Waals surface area contributed by atoms with Crippen LogP contribution in [0.2, 0.25) is 0 Å². The Balaban J connectivity index is 1.56. The highest BCUT2D eigenvalue weighted by Crippen LogP contribution is 2.39. The maximum absolute atomic E-state index is 13.6. The molecule has 6 heteroatoms. The maximum Gasteiger partial charge on any atom is 0.273 e. The van der Waals surface area contributed by atoms with Gasteiger partial charge in [-0.2, -0.15) is 5.10 Å². The van der Waals surface area contributed by atoms with Gasteiger partial charge in [-0.25, -0.2) is 0 Å². The SMILES string of the molecule is Cc1nn(C)c(C(=O)N2CCCC23CCCN(CCc2ccccc2)C3=O)c1C. The minimum atomic E-state index is -0.684. The molecule has 0 bridgehead atoms. The van der Waals surface area contributed by atoms with Gasteiger partial charge >= 0.3 is 0 Å². The summed E-state index contributed by atoms with van der Waals surface area (Å²) in [6.07, 6.45) is 4.18. The average Bonchev–Trinajstić information content (AvgIpc) is 3.24. The van der Waals surface area contributed by atoms with E-state index in [-0.39, 0.29) is 11.8 Å². The van der Waals surface area contributed by atoms with Gasteiger partial charge in [0.05, 0.1) is 5.69 Å². The normalized spacial score (nSPS) is 22.0. The Morgan fingerprint density at radius 2 is 1.79 bits per heavy atom. The molecule has 2 saturated heterocycles. The summed E-state index contributed by atoms with van der Waals surface area (Å²) in [6, 6.07) is 10.3. The monoisotopic (exact) mass is 394 g/mol. The highest BCUT2D eigenvalue weighted by atomic mass is 16.2. The molecule has 0 saturated carbocycles. The van der Waals surface area contributed by atoms with E-state index in [0.29, 0.717) is 18.8 Å². The van der Waals surface area contributed by atoms with Crippen LogP contribution >= 0.6 is 0 Å². The van der Waals surface area contributed by atoms with Crippen LogP contribution in [-0.4, -0.2) is 56.6 Å². The second-order valence-electron chi connectivity index (χ2n) is 8.41. The van der Waals surface area contributed by atoms with Crippen LogP contribution < -0.4 is 0 Å². The lowest BCUT2D eigenvalue weighted by molar-refractivity contribution is -0.145. The molecule has 1 atom stereocenters. The van der Waals surface area contributed by atoms with Crippen molar-refractivity contribution in [2.24, 2.45) is 7.05 Å². The van der Waals surface area contributed by atoms with Crippen molar-refractivity contribution in [2.75, 3.05) is 19.6 Å². The number of hydrogen-bond donors (Lipinski definition) is 0. The Hall–Kier alpha value is -2.63. The average molecular weight is 395 g/mol. The van der Waals surface area contributed by atoms with E-state index >= 15 is 0 Å². The second-order valence-corrected chi connectivity index (χ2v) is 8.41. The van der Waals surface area contributed by atoms with Crippen LogP contribution in [0.3, 0.4) is 0 Å². The second kappa shape index (κ2) is 7.65. The first-order valence-electron chi connectivity index (χ1n) is 10.6. The van der Waals surface area contributed by atoms with Gasteiger partial charge in [0.25, 0.3) is 5.91 Å². The first-order chi connectivity index (χ1) is 13.9. The zero-order valence-electron chi connectivity index (χ0n) is 17.6. The zero-order valence-corrected chi connectivity index (χ0v) is 17.6. The number of rotatable bonds is 4. The van der Waals surface area contributed by atoms with Crippen LogP contribution in [0.5, 0.6) is 0 Å². The first-order valence-corrected chi connectivity index (χ1v) is 10.6. The van der Waals surface area contributed by atoms with E-state index in [1.54, 1.807) is 4.68 Å². The third-order valence-corrected chi connectivity index (χ3v) is 6.67. The zero-order chi connectivity index (χ0) is 20.6. The Morgan fingerprint density at radius 3 is 2.45 bits per heavy atom. The van der Waals surface area contributed by atoms with Gasteiger partial charge in [0.1, 0.15) is 11.2 Å². The fourth-order valence-corrected chi connectivity index (χ4v) is 5.03. The highest BCUT2D eigenvalue weighted by molar-refractivity contribution is 6.00. The van der Waals surface area contributed by atoms with Crippen molar-refractivity contribution in [1.82, 2.24) is 19.6 Å². The number of nitrogens with zero attached hydrogens (tertiary/aromatic N) is 4. The Kier molecular flexibility index (Phi) is 5.19. The molecule has 154 valence electrons. The van der Waals surface area contributed by atoms with E-state index in [1.807, 2.05) is 48.9 Å². The number of piperidine rings is 1. The van der Waals surface area contributed by atoms with Crippen molar-refractivity contribution >= 4 is 11.8 Å². The van der Waals surface area contributed by atoms with E-state index in [4.69, 9.17) is 0 Å². The molecule has 1 aromatic carbocycles. The highest BCUT2D eigenvalue weighted by Gasteiger charge is 2.53. The molecule has 4 rings (SSSR count). The summed E-state index contributed by atoms with van der Waals surface area (Å²) >= 11 is 0. The van der Waals surface area contributed by atoms with Gasteiger partial charge in [-0.1, -0.05) is 30.3 Å². The molecule has 1 unspecified atom stereocenters. The van der Waals surface area contributed by atoms with E-state index in [1.165, 1.54) is 5.56 Å². The first kappa shape index (κ1) is 19.7. The van der Waals surface area contributed by atoms with Gasteiger partial charge in [-0.05, 0) is 51.5 Å². The summed E-state index contributed by atoms with van der Waals surface area (Å²) in [5.41, 5.74) is 2.93. The lowest BCUT2D eigenvalue weighted by Gasteiger charge is -2.44. The minimum Gasteiger partial charge on any atom is -0.340 e. The van der Waals surface area contributed by atoms with Crippen LogP contribution in [-0.2, 0) is 18.3 Å². The minimum absolute atomic E-state index is 0.0543. The standard InChI is InChI=1S/C23H30N4O2/c1-17-18(2)24-25(3)20(17)21(28)27-15-8-13-23(27)12-7-14-26(22(23)29)16-11-19-9-5-4-6-10-19/h4-6,9-10H,7-8,11-16H2,1-3H3. The number of aromatic nitrogens is 2. The molecule has 29 heavy (non-hydrogen) atoms. The number of likely N-dealkylation sites (tertiary alicyclic amines) is 2. The van der Waals surface area contributed by atoms with Gasteiger partial charge in [0, 0.05) is 32.2 Å². The summed E-state index contributed by atoms with van der Waals surface area (Å²) in [6.45, 7) is 5.98. The fourth-order valence-electron chi connectivity index (χ4n) is 5.03. The van der Waals surface area contributed by atoms with E-state index in [0.717, 1.165) is 49.9 Å². The number of aryl methyl sites for hydroxylation is 2. The molecule has 0 radical (unpaired) electrons. The van der Waals surface area contributed by atoms with Gasteiger partial charge in [-0.15, -0.1) is 0 Å². The Morgan fingerprint density at radius 1 is 1.10 bits per heavy atom. The summed E-state index contributed by atoms with van der Waals surface area (Å²) < 4.78 is 1.67. The van der Waals surface area contributed by atoms with Crippen molar-refractivity contribution in [3.63, 3.8) is 0 Å². The maximum atomic E-state index is 13.6. The predicted octanol–water partition coefficient (Wildman–Crippen LogP) is 2.88. The molecule has 2 aliphatic rings. The lowest BCUT2D eigenvalue weighted by Crippen LogP contribution is -2.61. The van der Waals surface area contributed by atoms with Crippen molar-refractivity contribution in [2.45, 2.75) is 51.5 Å². The Bertz CT molecular complexity index is 920. The molecule has 1 aromatic heterocycles. The van der Waals surface area contributed by atoms with Crippen LogP contribution in [0.25, 0.3) is 0 Å². The number of carbonyl (C=O) groups is 2. The lowest BCUT2D eigenvalue weighted by atomic mass is 9.85. The molecule has 6 nitrogen and oxygen atoms in total. The molecule has 2 aliphatic heterocycles. The van der Waals surface area contributed by atoms with Crippen molar-refractivity contribution in [3.8, 4) is 0 Å². The quantitative estimate of drug-likeness (QED) is 0.801. The number of carbonyl (C=O) groups excluding carboxylic acids is 2. The number of benzene rings is 1. The van der Waals surface area contributed by atoms with Crippen LogP contribution in [0.4, 0.5) is 0 Å². The smallest absolute Gasteiger partial charge is 0.273 e. The number of amides is 2. The topological polar surface area (TPSA) is 58.4 Å². The third kappa shape index (κ3) is 3.34. The number of hydrogen-bond acceptors (Lipinski definition) is 3. The van der Waals surface area contributed by atoms with Gasteiger partial charge in [0.2, 0.25) is 5.91 Å². The summed E-state index contributed by atoms with van der Waals surface area (Å²) in [7, 11) is 1.81. The van der Waals surface area contributed by atoms with Crippen molar-refractivity contribution in [3.05, 3.63) is 52.8 Å². The Labute approximate surface area is 172 Å². The predicted molar refractivity (Wildman–Crippen MR) is 112 cm³/mol. The molecule has 2 amide bonds. The van der Waals surface area contributed by atoms with Crippen LogP contribution in [0.1, 0.15) is 53.0 Å². The van der Waals surface area contributed by atoms with Gasteiger partial charge in [0.15, 0.2) is 0 Å². The molecule has 1 spiro atoms. The molecule has 0 aliphatic carbocycles. The molecule has 2 fully saturated rings. The largest absolute Gasteiger partial charge is 0.340 e. The molecule has 2 aromatic rings. The van der Waals surface area contributed by atoms with Crippen LogP contribution in [0.15, 0.2) is 30.3 Å². The molecule has 0 N–H and O–H groups in total. The fraction of sp³-hybridized carbons (Fsp3) is 0.522. The summed E-state index contributed by atoms with van der Waals surface area (Å²) in [4.78, 5) is 30.9. The molecule has 3 heterocycles. The summed E-state index contributed by atoms with van der Waals surface area (Å²) in [5, 5.41) is 4.41.